The van der Waals surface area contributed by atoms with Crippen molar-refractivity contribution in [1.29, 1.82) is 0 Å². The van der Waals surface area contributed by atoms with Gasteiger partial charge in [0.25, 0.3) is 41.4 Å². The van der Waals surface area contributed by atoms with Crippen LogP contribution in [0, 0.1) is 117 Å². The average Bonchev–Trinajstić information content (AvgIpc) is 0.778. The lowest BCUT2D eigenvalue weighted by Gasteiger charge is -2.35. The average molecular weight is 1850 g/mol. The molecule has 0 saturated carbocycles. The van der Waals surface area contributed by atoms with Crippen molar-refractivity contribution in [3.05, 3.63) is 0 Å². The Kier molecular flexibility index (Phi) is 75.9. The Hall–Kier alpha value is -3.99. The normalized spacial score (nSPS) is 18.9. The SMILES string of the molecule is C.C.C.C.C.C.C.C.CC(C)C1CCN(C(=O)C(O)CC(C)(C)C)CC1.CC(C)C1CCN(C(=O)[C@@H](O)CC(C)(C)C)CC1.CC(C)C1CCN(C(=O)[C@H](O)CC(C)(C)C)CC1.CC(C)CC(O)C(=O)N1CCC(C(C)C)CC1.CC(C)C[C@@H](O)C(=O)N1CCC(C(C)C)CC1.CC(C)C[C@H](O)C(=O)N1CCC(C(C)C)CC1.CCC[C@@H](O)C(=O)N1CCC(C(C)C)CC1. The van der Waals surface area contributed by atoms with Crippen LogP contribution in [0.2, 0.25) is 0 Å². The molecular weight excluding hydrogens is 1620 g/mol. The summed E-state index contributed by atoms with van der Waals surface area (Å²) in [5.74, 6) is 10.6. The predicted molar refractivity (Wildman–Crippen MR) is 550 cm³/mol. The second kappa shape index (κ2) is 69.8. The molecule has 7 amide bonds. The summed E-state index contributed by atoms with van der Waals surface area (Å²) >= 11 is 0. The van der Waals surface area contributed by atoms with Crippen molar-refractivity contribution in [1.82, 2.24) is 34.3 Å². The van der Waals surface area contributed by atoms with E-state index in [0.717, 1.165) is 229 Å². The summed E-state index contributed by atoms with van der Waals surface area (Å²) in [6, 6.07) is 0. The molecule has 7 atom stereocenters. The van der Waals surface area contributed by atoms with Gasteiger partial charge in [-0.2, -0.15) is 0 Å². The molecule has 0 aromatic rings. The van der Waals surface area contributed by atoms with E-state index in [1.165, 1.54) is 0 Å². The van der Waals surface area contributed by atoms with Gasteiger partial charge in [-0.25, -0.2) is 0 Å². The molecular formula is C108H225N7O14. The Morgan fingerprint density at radius 3 is 0.442 bits per heavy atom. The van der Waals surface area contributed by atoms with Gasteiger partial charge in [-0.05, 0) is 252 Å². The van der Waals surface area contributed by atoms with E-state index < -0.39 is 42.7 Å². The second-order valence-electron chi connectivity index (χ2n) is 44.9. The van der Waals surface area contributed by atoms with Crippen molar-refractivity contribution in [2.24, 2.45) is 117 Å². The van der Waals surface area contributed by atoms with Gasteiger partial charge in [0.15, 0.2) is 0 Å². The number of aliphatic hydroxyl groups is 7. The lowest BCUT2D eigenvalue weighted by atomic mass is 9.85. The predicted octanol–water partition coefficient (Wildman–Crippen LogP) is 22.0. The lowest BCUT2D eigenvalue weighted by Crippen LogP contribution is -2.45. The van der Waals surface area contributed by atoms with Crippen LogP contribution in [0.4, 0.5) is 0 Å². The van der Waals surface area contributed by atoms with E-state index in [1.807, 2.05) is 82.8 Å². The van der Waals surface area contributed by atoms with Crippen LogP contribution in [0.15, 0.2) is 0 Å². The molecule has 21 nitrogen and oxygen atoms in total. The molecule has 7 rings (SSSR count). The molecule has 2 unspecified atom stereocenters. The van der Waals surface area contributed by atoms with E-state index in [-0.39, 0.29) is 117 Å². The number of hydrogen-bond donors (Lipinski definition) is 7. The van der Waals surface area contributed by atoms with Crippen molar-refractivity contribution in [3.63, 3.8) is 0 Å². The minimum Gasteiger partial charge on any atom is -0.383 e. The van der Waals surface area contributed by atoms with Gasteiger partial charge >= 0.3 is 0 Å². The van der Waals surface area contributed by atoms with E-state index in [4.69, 9.17) is 0 Å². The van der Waals surface area contributed by atoms with Gasteiger partial charge < -0.3 is 70.0 Å². The number of aliphatic hydroxyl groups excluding tert-OH is 7. The number of likely N-dealkylation sites (tertiary alicyclic amines) is 7. The van der Waals surface area contributed by atoms with Crippen molar-refractivity contribution in [3.8, 4) is 0 Å². The molecule has 7 saturated heterocycles. The number of nitrogens with zero attached hydrogens (tertiary/aromatic N) is 7. The van der Waals surface area contributed by atoms with E-state index in [2.05, 4.69) is 159 Å². The highest BCUT2D eigenvalue weighted by atomic mass is 16.3. The molecule has 776 valence electrons. The van der Waals surface area contributed by atoms with Gasteiger partial charge in [0.05, 0.1) is 0 Å². The topological polar surface area (TPSA) is 284 Å². The highest BCUT2D eigenvalue weighted by molar-refractivity contribution is 5.83. The van der Waals surface area contributed by atoms with E-state index in [1.54, 1.807) is 0 Å². The highest BCUT2D eigenvalue weighted by Crippen LogP contribution is 2.34. The first-order chi connectivity index (χ1) is 55.9. The fourth-order valence-electron chi connectivity index (χ4n) is 18.0. The van der Waals surface area contributed by atoms with Crippen LogP contribution in [0.25, 0.3) is 0 Å². The molecule has 0 spiro atoms. The van der Waals surface area contributed by atoms with E-state index in [0.29, 0.717) is 104 Å². The molecule has 129 heavy (non-hydrogen) atoms. The Balaban J connectivity index is -0.000000218. The van der Waals surface area contributed by atoms with Crippen LogP contribution in [-0.2, 0) is 33.6 Å². The van der Waals surface area contributed by atoms with Gasteiger partial charge in [-0.15, -0.1) is 0 Å². The van der Waals surface area contributed by atoms with E-state index in [9.17, 15) is 69.3 Å². The Labute approximate surface area is 800 Å². The number of carbonyl (C=O) groups is 7. The monoisotopic (exact) mass is 1840 g/mol. The maximum absolute atomic E-state index is 12.1. The van der Waals surface area contributed by atoms with Crippen LogP contribution >= 0.6 is 0 Å². The third-order valence-electron chi connectivity index (χ3n) is 26.6. The molecule has 7 heterocycles. The third kappa shape index (κ3) is 57.0. The zero-order chi connectivity index (χ0) is 92.9. The number of hydrogen-bond acceptors (Lipinski definition) is 14. The van der Waals surface area contributed by atoms with Crippen molar-refractivity contribution < 1.29 is 69.3 Å². The summed E-state index contributed by atoms with van der Waals surface area (Å²) in [4.78, 5) is 97.1. The van der Waals surface area contributed by atoms with Gasteiger partial charge in [0, 0.05) is 91.6 Å². The second-order valence-corrected chi connectivity index (χ2v) is 44.9. The molecule has 21 heteroatoms. The summed E-state index contributed by atoms with van der Waals surface area (Å²) in [6.45, 7) is 75.4. The minimum absolute atomic E-state index is 0. The maximum Gasteiger partial charge on any atom is 0.251 e. The fraction of sp³-hybridized carbons (Fsp3) is 0.935. The highest BCUT2D eigenvalue weighted by Gasteiger charge is 2.37. The molecule has 7 N–H and O–H groups in total. The molecule has 0 aromatic carbocycles. The van der Waals surface area contributed by atoms with Crippen molar-refractivity contribution >= 4 is 41.4 Å². The molecule has 0 aliphatic carbocycles. The standard InChI is InChI=1S/3C15H29NO2.3C14H27NO2.C13H25NO2.8CH4/c3*1-11(2)12-6-8-16(9-7-12)14(18)13(17)10-15(3,4)5;3*1-10(2)9-13(16)14(17)15-7-5-12(6-8-15)11(3)4;1-4-5-12(15)13(16)14-8-6-11(7-9-14)10(2)3;;;;;;;;/h3*11-13,17H,6-10H2,1-5H3;3*10-13,16H,5-9H2,1-4H3;10-12,15H,4-9H2,1-3H3;8*1H4/t2*13-;;2*13-;;12-;;;;;;;;/m10.10.1......../s1. The smallest absolute Gasteiger partial charge is 0.251 e. The Morgan fingerprint density at radius 2 is 0.341 bits per heavy atom. The summed E-state index contributed by atoms with van der Waals surface area (Å²) in [6.07, 6.45) is 14.2. The van der Waals surface area contributed by atoms with Crippen LogP contribution in [0.3, 0.4) is 0 Å². The van der Waals surface area contributed by atoms with Crippen LogP contribution in [0.5, 0.6) is 0 Å². The Morgan fingerprint density at radius 1 is 0.225 bits per heavy atom. The molecule has 7 fully saturated rings. The zero-order valence-electron chi connectivity index (χ0n) is 83.4. The number of piperidine rings is 7. The first-order valence-corrected chi connectivity index (χ1v) is 48.7. The molecule has 0 aromatic heterocycles. The molecule has 7 aliphatic rings. The number of carbonyl (C=O) groups excluding carboxylic acids is 7. The first-order valence-electron chi connectivity index (χ1n) is 48.7. The summed E-state index contributed by atoms with van der Waals surface area (Å²) < 4.78 is 0. The lowest BCUT2D eigenvalue weighted by molar-refractivity contribution is -0.143. The molecule has 7 aliphatic heterocycles. The quantitative estimate of drug-likeness (QED) is 0.0448. The van der Waals surface area contributed by atoms with Gasteiger partial charge in [-0.1, -0.05) is 274 Å². The number of rotatable bonds is 25. The first kappa shape index (κ1) is 140. The van der Waals surface area contributed by atoms with Gasteiger partial charge in [0.1, 0.15) is 42.7 Å². The van der Waals surface area contributed by atoms with Gasteiger partial charge in [0.2, 0.25) is 0 Å². The Bertz CT molecular complexity index is 2570. The maximum atomic E-state index is 12.1. The number of amides is 7. The van der Waals surface area contributed by atoms with Gasteiger partial charge in [-0.3, -0.25) is 33.6 Å². The largest absolute Gasteiger partial charge is 0.383 e. The fourth-order valence-corrected chi connectivity index (χ4v) is 18.0. The van der Waals surface area contributed by atoms with E-state index >= 15 is 0 Å². The van der Waals surface area contributed by atoms with Crippen LogP contribution < -0.4 is 0 Å². The summed E-state index contributed by atoms with van der Waals surface area (Å²) in [5.41, 5.74) is -0.0258. The van der Waals surface area contributed by atoms with Crippen molar-refractivity contribution in [2.75, 3.05) is 91.6 Å². The van der Waals surface area contributed by atoms with Crippen LogP contribution in [-0.4, -0.2) is 246 Å². The third-order valence-corrected chi connectivity index (χ3v) is 26.6. The zero-order valence-corrected chi connectivity index (χ0v) is 83.4. The molecule has 0 bridgehead atoms. The summed E-state index contributed by atoms with van der Waals surface area (Å²) in [7, 11) is 0. The van der Waals surface area contributed by atoms with Crippen LogP contribution in [0.1, 0.15) is 408 Å². The molecule has 0 radical (unpaired) electrons. The minimum atomic E-state index is -0.833. The summed E-state index contributed by atoms with van der Waals surface area (Å²) in [5, 5.41) is 69.1. The van der Waals surface area contributed by atoms with Crippen molar-refractivity contribution in [2.45, 2.75) is 451 Å².